The van der Waals surface area contributed by atoms with Crippen LogP contribution >= 0.6 is 11.6 Å². The molecular weight excluding hydrogens is 358 g/mol. The summed E-state index contributed by atoms with van der Waals surface area (Å²) in [7, 11) is 0. The molecule has 0 spiro atoms. The Balaban J connectivity index is 1.37. The lowest BCUT2D eigenvalue weighted by Crippen LogP contribution is -2.35. The van der Waals surface area contributed by atoms with Gasteiger partial charge in [-0.3, -0.25) is 0 Å². The third kappa shape index (κ3) is 4.45. The summed E-state index contributed by atoms with van der Waals surface area (Å²) in [6, 6.07) is 12.4. The summed E-state index contributed by atoms with van der Waals surface area (Å²) >= 11 is 6.46. The van der Waals surface area contributed by atoms with Gasteiger partial charge in [0.1, 0.15) is 11.5 Å². The van der Waals surface area contributed by atoms with Gasteiger partial charge in [-0.2, -0.15) is 0 Å². The molecule has 1 heterocycles. The second-order valence-electron chi connectivity index (χ2n) is 8.27. The second-order valence-corrected chi connectivity index (χ2v) is 8.67. The number of imidazole rings is 1. The Hall–Kier alpha value is -2.04. The van der Waals surface area contributed by atoms with Gasteiger partial charge in [-0.1, -0.05) is 31.5 Å². The van der Waals surface area contributed by atoms with Gasteiger partial charge in [-0.15, -0.1) is 0 Å². The van der Waals surface area contributed by atoms with Crippen molar-refractivity contribution in [1.82, 2.24) is 15.3 Å². The third-order valence-electron chi connectivity index (χ3n) is 5.55. The highest BCUT2D eigenvalue weighted by molar-refractivity contribution is 6.32. The zero-order valence-electron chi connectivity index (χ0n) is 15.9. The second kappa shape index (κ2) is 7.53. The molecule has 1 aliphatic rings. The first-order valence-electron chi connectivity index (χ1n) is 9.61. The number of benzene rings is 2. The van der Waals surface area contributed by atoms with E-state index in [4.69, 9.17) is 16.3 Å². The zero-order chi connectivity index (χ0) is 18.9. The van der Waals surface area contributed by atoms with Crippen LogP contribution in [0.2, 0.25) is 5.02 Å². The van der Waals surface area contributed by atoms with E-state index in [1.165, 1.54) is 31.2 Å². The van der Waals surface area contributed by atoms with E-state index in [0.29, 0.717) is 22.2 Å². The van der Waals surface area contributed by atoms with Crippen LogP contribution in [-0.4, -0.2) is 16.0 Å². The summed E-state index contributed by atoms with van der Waals surface area (Å²) in [5.41, 5.74) is 3.54. The van der Waals surface area contributed by atoms with Gasteiger partial charge >= 0.3 is 0 Å². The number of rotatable bonds is 5. The molecule has 1 aliphatic carbocycles. The van der Waals surface area contributed by atoms with Crippen molar-refractivity contribution in [2.75, 3.05) is 0 Å². The minimum Gasteiger partial charge on any atom is -0.456 e. The molecule has 4 nitrogen and oxygen atoms in total. The minimum absolute atomic E-state index is 0.500. The molecule has 0 bridgehead atoms. The van der Waals surface area contributed by atoms with Crippen molar-refractivity contribution in [3.8, 4) is 11.5 Å². The molecule has 1 saturated carbocycles. The maximum Gasteiger partial charge on any atom is 0.146 e. The van der Waals surface area contributed by atoms with Crippen molar-refractivity contribution < 1.29 is 4.74 Å². The number of fused-ring (bicyclic) bond motifs is 1. The molecule has 5 heteroatoms. The highest BCUT2D eigenvalue weighted by Gasteiger charge is 2.26. The topological polar surface area (TPSA) is 49.9 Å². The van der Waals surface area contributed by atoms with Crippen LogP contribution in [0.1, 0.15) is 45.1 Å². The lowest BCUT2D eigenvalue weighted by Gasteiger charge is -2.34. The molecule has 1 aromatic heterocycles. The number of hydrogen-bond donors (Lipinski definition) is 2. The Morgan fingerprint density at radius 2 is 2.00 bits per heavy atom. The number of halogens is 1. The molecule has 0 amide bonds. The molecule has 1 fully saturated rings. The van der Waals surface area contributed by atoms with Crippen molar-refractivity contribution in [2.45, 2.75) is 52.1 Å². The number of hydrogen-bond acceptors (Lipinski definition) is 3. The van der Waals surface area contributed by atoms with E-state index in [9.17, 15) is 0 Å². The summed E-state index contributed by atoms with van der Waals surface area (Å²) < 4.78 is 5.96. The summed E-state index contributed by atoms with van der Waals surface area (Å²) in [4.78, 5) is 7.31. The first-order chi connectivity index (χ1) is 13.0. The van der Waals surface area contributed by atoms with E-state index in [1.807, 2.05) is 30.3 Å². The van der Waals surface area contributed by atoms with Gasteiger partial charge in [0.2, 0.25) is 0 Å². The average Bonchev–Trinajstić information content (AvgIpc) is 3.11. The Labute approximate surface area is 165 Å². The van der Waals surface area contributed by atoms with Crippen LogP contribution in [0.5, 0.6) is 11.5 Å². The number of H-pyrrole nitrogens is 1. The van der Waals surface area contributed by atoms with Gasteiger partial charge in [-0.25, -0.2) is 4.98 Å². The summed E-state index contributed by atoms with van der Waals surface area (Å²) in [6.45, 7) is 5.57. The lowest BCUT2D eigenvalue weighted by atomic mass is 9.75. The fourth-order valence-corrected chi connectivity index (χ4v) is 3.95. The van der Waals surface area contributed by atoms with E-state index in [-0.39, 0.29) is 0 Å². The Kier molecular flexibility index (Phi) is 5.11. The number of nitrogens with one attached hydrogen (secondary N) is 2. The first kappa shape index (κ1) is 18.3. The minimum atomic E-state index is 0.500. The molecule has 142 valence electrons. The summed E-state index contributed by atoms with van der Waals surface area (Å²) in [5.74, 6) is 1.41. The van der Waals surface area contributed by atoms with E-state index in [1.54, 1.807) is 6.33 Å². The quantitative estimate of drug-likeness (QED) is 0.562. The molecular formula is C22H26ClN3O. The summed E-state index contributed by atoms with van der Waals surface area (Å²) in [6.07, 6.45) is 6.75. The normalized spacial score (nSPS) is 17.3. The Bertz CT molecular complexity index is 924. The van der Waals surface area contributed by atoms with Crippen LogP contribution in [-0.2, 0) is 6.54 Å². The lowest BCUT2D eigenvalue weighted by molar-refractivity contribution is 0.206. The average molecular weight is 384 g/mol. The van der Waals surface area contributed by atoms with Gasteiger partial charge < -0.3 is 15.0 Å². The van der Waals surface area contributed by atoms with E-state index >= 15 is 0 Å². The van der Waals surface area contributed by atoms with Gasteiger partial charge in [-0.05, 0) is 60.9 Å². The molecule has 27 heavy (non-hydrogen) atoms. The van der Waals surface area contributed by atoms with Crippen LogP contribution < -0.4 is 10.1 Å². The molecule has 0 unspecified atom stereocenters. The highest BCUT2D eigenvalue weighted by Crippen LogP contribution is 2.35. The predicted octanol–water partition coefficient (Wildman–Crippen LogP) is 6.07. The monoisotopic (exact) mass is 383 g/mol. The fraction of sp³-hybridized carbons (Fsp3) is 0.409. The standard InChI is InChI=1S/C22H26ClN3O/c1-22(2)9-7-16(8-10-22)24-13-15-3-6-21(18(23)11-15)27-17-4-5-19-20(12-17)26-14-25-19/h3-6,11-12,14,16,24H,7-10,13H2,1-2H3,(H,25,26). The van der Waals surface area contributed by atoms with E-state index in [2.05, 4.69) is 35.2 Å². The molecule has 2 aromatic carbocycles. The Morgan fingerprint density at radius 3 is 2.78 bits per heavy atom. The predicted molar refractivity (Wildman–Crippen MR) is 110 cm³/mol. The van der Waals surface area contributed by atoms with E-state index in [0.717, 1.165) is 23.3 Å². The maximum absolute atomic E-state index is 6.46. The molecule has 3 aromatic rings. The Morgan fingerprint density at radius 1 is 1.19 bits per heavy atom. The van der Waals surface area contributed by atoms with Crippen molar-refractivity contribution >= 4 is 22.6 Å². The van der Waals surface area contributed by atoms with Crippen LogP contribution in [0, 0.1) is 5.41 Å². The van der Waals surface area contributed by atoms with Crippen molar-refractivity contribution in [2.24, 2.45) is 5.41 Å². The molecule has 4 rings (SSSR count). The van der Waals surface area contributed by atoms with Gasteiger partial charge in [0, 0.05) is 18.7 Å². The number of ether oxygens (including phenoxy) is 1. The molecule has 2 N–H and O–H groups in total. The number of aromatic nitrogens is 2. The fourth-order valence-electron chi connectivity index (χ4n) is 3.71. The van der Waals surface area contributed by atoms with Crippen molar-refractivity contribution in [3.63, 3.8) is 0 Å². The maximum atomic E-state index is 6.46. The SMILES string of the molecule is CC1(C)CCC(NCc2ccc(Oc3ccc4nc[nH]c4c3)c(Cl)c2)CC1. The summed E-state index contributed by atoms with van der Waals surface area (Å²) in [5, 5.41) is 4.31. The van der Waals surface area contributed by atoms with Crippen LogP contribution in [0.15, 0.2) is 42.7 Å². The third-order valence-corrected chi connectivity index (χ3v) is 5.85. The van der Waals surface area contributed by atoms with Crippen LogP contribution in [0.3, 0.4) is 0 Å². The van der Waals surface area contributed by atoms with Crippen molar-refractivity contribution in [3.05, 3.63) is 53.3 Å². The number of nitrogens with zero attached hydrogens (tertiary/aromatic N) is 1. The molecule has 0 saturated heterocycles. The smallest absolute Gasteiger partial charge is 0.146 e. The van der Waals surface area contributed by atoms with Gasteiger partial charge in [0.05, 0.1) is 22.4 Å². The van der Waals surface area contributed by atoms with Gasteiger partial charge in [0.15, 0.2) is 0 Å². The number of aromatic amines is 1. The molecule has 0 aliphatic heterocycles. The van der Waals surface area contributed by atoms with Crippen molar-refractivity contribution in [1.29, 1.82) is 0 Å². The first-order valence-corrected chi connectivity index (χ1v) is 9.99. The van der Waals surface area contributed by atoms with Crippen LogP contribution in [0.25, 0.3) is 11.0 Å². The zero-order valence-corrected chi connectivity index (χ0v) is 16.6. The van der Waals surface area contributed by atoms with E-state index < -0.39 is 0 Å². The molecule has 0 atom stereocenters. The molecule has 0 radical (unpaired) electrons. The van der Waals surface area contributed by atoms with Gasteiger partial charge in [0.25, 0.3) is 0 Å². The largest absolute Gasteiger partial charge is 0.456 e. The highest BCUT2D eigenvalue weighted by atomic mass is 35.5. The van der Waals surface area contributed by atoms with Crippen LogP contribution in [0.4, 0.5) is 0 Å².